The Hall–Kier alpha value is -2.30. The molecule has 144 valence electrons. The molecular formula is C22H31N5. The van der Waals surface area contributed by atoms with E-state index in [1.165, 1.54) is 31.4 Å². The molecule has 0 aliphatic carbocycles. The first-order valence-electron chi connectivity index (χ1n) is 10.4. The van der Waals surface area contributed by atoms with Crippen LogP contribution in [0.4, 0.5) is 23.1 Å². The molecule has 2 saturated heterocycles. The van der Waals surface area contributed by atoms with Gasteiger partial charge in [-0.25, -0.2) is 4.98 Å². The number of rotatable bonds is 4. The van der Waals surface area contributed by atoms with Crippen LogP contribution in [0.25, 0.3) is 0 Å². The van der Waals surface area contributed by atoms with Crippen molar-refractivity contribution in [3.8, 4) is 0 Å². The highest BCUT2D eigenvalue weighted by atomic mass is 15.2. The molecule has 1 N–H and O–H groups in total. The molecule has 3 heterocycles. The second kappa shape index (κ2) is 8.15. The molecule has 0 amide bonds. The van der Waals surface area contributed by atoms with Gasteiger partial charge in [0.25, 0.3) is 0 Å². The lowest BCUT2D eigenvalue weighted by Crippen LogP contribution is -2.33. The van der Waals surface area contributed by atoms with Crippen molar-refractivity contribution in [3.05, 3.63) is 36.5 Å². The quantitative estimate of drug-likeness (QED) is 0.851. The molecule has 0 spiro atoms. The van der Waals surface area contributed by atoms with Gasteiger partial charge >= 0.3 is 0 Å². The first kappa shape index (κ1) is 18.1. The summed E-state index contributed by atoms with van der Waals surface area (Å²) in [4.78, 5) is 14.0. The summed E-state index contributed by atoms with van der Waals surface area (Å²) in [5.74, 6) is 3.38. The fourth-order valence-corrected chi connectivity index (χ4v) is 3.97. The van der Waals surface area contributed by atoms with Gasteiger partial charge in [-0.15, -0.1) is 0 Å². The standard InChI is InChI=1S/C22H31N5/c1-17-8-13-26(14-9-17)20-5-3-19(4-6-20)24-22-23-12-7-21(25-22)27-15-10-18(2)11-16-27/h3-7,12,17-18H,8-11,13-16H2,1-2H3,(H,23,24,25). The maximum Gasteiger partial charge on any atom is 0.229 e. The molecule has 1 aromatic carbocycles. The lowest BCUT2D eigenvalue weighted by Gasteiger charge is -2.32. The molecule has 2 fully saturated rings. The predicted molar refractivity (Wildman–Crippen MR) is 113 cm³/mol. The van der Waals surface area contributed by atoms with Crippen LogP contribution in [-0.2, 0) is 0 Å². The zero-order valence-corrected chi connectivity index (χ0v) is 16.6. The number of nitrogens with one attached hydrogen (secondary N) is 1. The fourth-order valence-electron chi connectivity index (χ4n) is 3.97. The normalized spacial score (nSPS) is 19.3. The zero-order valence-electron chi connectivity index (χ0n) is 16.6. The Kier molecular flexibility index (Phi) is 5.46. The van der Waals surface area contributed by atoms with Gasteiger partial charge in [0.2, 0.25) is 5.95 Å². The van der Waals surface area contributed by atoms with Crippen LogP contribution in [0.15, 0.2) is 36.5 Å². The van der Waals surface area contributed by atoms with Crippen LogP contribution >= 0.6 is 0 Å². The molecule has 0 atom stereocenters. The Balaban J connectivity index is 1.39. The first-order valence-corrected chi connectivity index (χ1v) is 10.4. The van der Waals surface area contributed by atoms with E-state index in [2.05, 4.69) is 58.2 Å². The van der Waals surface area contributed by atoms with Gasteiger partial charge in [0.05, 0.1) is 0 Å². The van der Waals surface area contributed by atoms with E-state index in [-0.39, 0.29) is 0 Å². The maximum atomic E-state index is 4.73. The topological polar surface area (TPSA) is 44.3 Å². The van der Waals surface area contributed by atoms with E-state index in [9.17, 15) is 0 Å². The maximum absolute atomic E-state index is 4.73. The molecule has 2 aliphatic heterocycles. The van der Waals surface area contributed by atoms with E-state index >= 15 is 0 Å². The van der Waals surface area contributed by atoms with E-state index < -0.39 is 0 Å². The van der Waals surface area contributed by atoms with Crippen LogP contribution < -0.4 is 15.1 Å². The number of anilines is 4. The lowest BCUT2D eigenvalue weighted by atomic mass is 9.99. The number of aromatic nitrogens is 2. The van der Waals surface area contributed by atoms with Crippen LogP contribution in [0, 0.1) is 11.8 Å². The third kappa shape index (κ3) is 4.52. The largest absolute Gasteiger partial charge is 0.372 e. The van der Waals surface area contributed by atoms with Gasteiger partial charge < -0.3 is 15.1 Å². The Morgan fingerprint density at radius 1 is 0.815 bits per heavy atom. The van der Waals surface area contributed by atoms with Crippen LogP contribution in [0.5, 0.6) is 0 Å². The molecule has 27 heavy (non-hydrogen) atoms. The smallest absolute Gasteiger partial charge is 0.229 e. The van der Waals surface area contributed by atoms with Gasteiger partial charge in [-0.2, -0.15) is 4.98 Å². The minimum Gasteiger partial charge on any atom is -0.372 e. The summed E-state index contributed by atoms with van der Waals surface area (Å²) in [5.41, 5.74) is 2.35. The summed E-state index contributed by atoms with van der Waals surface area (Å²) in [6, 6.07) is 10.7. The molecular weight excluding hydrogens is 334 g/mol. The van der Waals surface area contributed by atoms with E-state index in [1.54, 1.807) is 0 Å². The SMILES string of the molecule is CC1CCN(c2ccc(Nc3nccc(N4CCC(C)CC4)n3)cc2)CC1. The van der Waals surface area contributed by atoms with Gasteiger partial charge in [-0.05, 0) is 67.9 Å². The van der Waals surface area contributed by atoms with Gasteiger partial charge in [-0.3, -0.25) is 0 Å². The van der Waals surface area contributed by atoms with Crippen molar-refractivity contribution in [1.82, 2.24) is 9.97 Å². The average molecular weight is 366 g/mol. The zero-order chi connectivity index (χ0) is 18.6. The fraction of sp³-hybridized carbons (Fsp3) is 0.545. The predicted octanol–water partition coefficient (Wildman–Crippen LogP) is 4.69. The molecule has 2 aromatic rings. The van der Waals surface area contributed by atoms with Crippen molar-refractivity contribution in [2.24, 2.45) is 11.8 Å². The van der Waals surface area contributed by atoms with Crippen LogP contribution in [0.3, 0.4) is 0 Å². The van der Waals surface area contributed by atoms with Crippen LogP contribution in [-0.4, -0.2) is 36.1 Å². The molecule has 2 aliphatic rings. The highest BCUT2D eigenvalue weighted by molar-refractivity contribution is 5.60. The highest BCUT2D eigenvalue weighted by Gasteiger charge is 2.18. The van der Waals surface area contributed by atoms with Crippen molar-refractivity contribution in [1.29, 1.82) is 0 Å². The van der Waals surface area contributed by atoms with Crippen molar-refractivity contribution < 1.29 is 0 Å². The van der Waals surface area contributed by atoms with Crippen LogP contribution in [0.2, 0.25) is 0 Å². The lowest BCUT2D eigenvalue weighted by molar-refractivity contribution is 0.436. The Labute approximate surface area is 162 Å². The van der Waals surface area contributed by atoms with Crippen molar-refractivity contribution in [2.45, 2.75) is 39.5 Å². The summed E-state index contributed by atoms with van der Waals surface area (Å²) >= 11 is 0. The van der Waals surface area contributed by atoms with E-state index in [0.29, 0.717) is 5.95 Å². The second-order valence-electron chi connectivity index (χ2n) is 8.25. The molecule has 0 saturated carbocycles. The monoisotopic (exact) mass is 365 g/mol. The van der Waals surface area contributed by atoms with E-state index in [1.807, 2.05) is 12.3 Å². The summed E-state index contributed by atoms with van der Waals surface area (Å²) in [6.45, 7) is 9.17. The minimum absolute atomic E-state index is 0.672. The highest BCUT2D eigenvalue weighted by Crippen LogP contribution is 2.26. The van der Waals surface area contributed by atoms with Crippen LogP contribution in [0.1, 0.15) is 39.5 Å². The second-order valence-corrected chi connectivity index (χ2v) is 8.25. The number of benzene rings is 1. The van der Waals surface area contributed by atoms with Gasteiger partial charge in [-0.1, -0.05) is 13.8 Å². The molecule has 0 bridgehead atoms. The molecule has 0 radical (unpaired) electrons. The average Bonchev–Trinajstić information content (AvgIpc) is 2.70. The number of hydrogen-bond donors (Lipinski definition) is 1. The summed E-state index contributed by atoms with van der Waals surface area (Å²) < 4.78 is 0. The molecule has 0 unspecified atom stereocenters. The van der Waals surface area contributed by atoms with E-state index in [4.69, 9.17) is 4.98 Å². The summed E-state index contributed by atoms with van der Waals surface area (Å²) in [6.07, 6.45) is 6.91. The van der Waals surface area contributed by atoms with Gasteiger partial charge in [0.1, 0.15) is 5.82 Å². The summed E-state index contributed by atoms with van der Waals surface area (Å²) in [7, 11) is 0. The molecule has 4 rings (SSSR count). The van der Waals surface area contributed by atoms with Crippen molar-refractivity contribution in [3.63, 3.8) is 0 Å². The van der Waals surface area contributed by atoms with Gasteiger partial charge in [0.15, 0.2) is 0 Å². The van der Waals surface area contributed by atoms with E-state index in [0.717, 1.165) is 49.5 Å². The number of nitrogens with zero attached hydrogens (tertiary/aromatic N) is 4. The number of hydrogen-bond acceptors (Lipinski definition) is 5. The van der Waals surface area contributed by atoms with Gasteiger partial charge in [0, 0.05) is 43.8 Å². The van der Waals surface area contributed by atoms with Crippen molar-refractivity contribution in [2.75, 3.05) is 41.3 Å². The third-order valence-electron chi connectivity index (χ3n) is 6.02. The minimum atomic E-state index is 0.672. The molecule has 1 aromatic heterocycles. The van der Waals surface area contributed by atoms with Crippen molar-refractivity contribution >= 4 is 23.1 Å². The first-order chi connectivity index (χ1) is 13.2. The molecule has 5 nitrogen and oxygen atoms in total. The number of piperidine rings is 2. The summed E-state index contributed by atoms with van der Waals surface area (Å²) in [5, 5.41) is 3.36. The Bertz CT molecular complexity index is 729. The molecule has 5 heteroatoms. The Morgan fingerprint density at radius 2 is 1.41 bits per heavy atom. The third-order valence-corrected chi connectivity index (χ3v) is 6.02. The Morgan fingerprint density at radius 3 is 2.04 bits per heavy atom.